The lowest BCUT2D eigenvalue weighted by atomic mass is 10.1. The average molecular weight is 289 g/mol. The summed E-state index contributed by atoms with van der Waals surface area (Å²) in [7, 11) is 2.08. The number of hydrogen-bond acceptors (Lipinski definition) is 4. The Morgan fingerprint density at radius 3 is 2.85 bits per heavy atom. The molecule has 1 amide bonds. The molecule has 1 heterocycles. The number of nitrogens with two attached hydrogens (primary N) is 1. The van der Waals surface area contributed by atoms with Crippen molar-refractivity contribution >= 4 is 17.2 Å². The SMILES string of the molecule is CC(c1cccs1)N(C)Cc1cccc(C(=O)NN)c1. The number of amides is 1. The normalized spacial score (nSPS) is 12.4. The van der Waals surface area contributed by atoms with E-state index in [1.165, 1.54) is 4.88 Å². The maximum Gasteiger partial charge on any atom is 0.265 e. The third kappa shape index (κ3) is 3.45. The molecule has 1 atom stereocenters. The number of carbonyl (C=O) groups is 1. The fourth-order valence-electron chi connectivity index (χ4n) is 2.07. The van der Waals surface area contributed by atoms with Gasteiger partial charge < -0.3 is 0 Å². The standard InChI is InChI=1S/C15H19N3OS/c1-11(14-7-4-8-20-14)18(2)10-12-5-3-6-13(9-12)15(19)17-16/h3-9,11H,10,16H2,1-2H3,(H,17,19). The van der Waals surface area contributed by atoms with Crippen molar-refractivity contribution in [3.63, 3.8) is 0 Å². The van der Waals surface area contributed by atoms with Crippen LogP contribution >= 0.6 is 11.3 Å². The quantitative estimate of drug-likeness (QED) is 0.505. The number of nitrogens with one attached hydrogen (secondary N) is 1. The van der Waals surface area contributed by atoms with Crippen molar-refractivity contribution in [1.82, 2.24) is 10.3 Å². The molecule has 106 valence electrons. The zero-order valence-corrected chi connectivity index (χ0v) is 12.5. The molecule has 2 aromatic rings. The highest BCUT2D eigenvalue weighted by molar-refractivity contribution is 7.10. The predicted octanol–water partition coefficient (Wildman–Crippen LogP) is 2.54. The molecule has 0 aliphatic heterocycles. The van der Waals surface area contributed by atoms with Gasteiger partial charge in [0, 0.05) is 23.0 Å². The van der Waals surface area contributed by atoms with Gasteiger partial charge in [-0.15, -0.1) is 11.3 Å². The van der Waals surface area contributed by atoms with Crippen LogP contribution in [0.5, 0.6) is 0 Å². The first-order chi connectivity index (χ1) is 9.61. The minimum atomic E-state index is -0.263. The molecule has 5 heteroatoms. The molecule has 4 nitrogen and oxygen atoms in total. The van der Waals surface area contributed by atoms with Crippen LogP contribution in [-0.4, -0.2) is 17.9 Å². The van der Waals surface area contributed by atoms with E-state index in [2.05, 4.69) is 41.8 Å². The van der Waals surface area contributed by atoms with Gasteiger partial charge in [0.05, 0.1) is 0 Å². The number of rotatable bonds is 5. The number of hydrogen-bond donors (Lipinski definition) is 2. The van der Waals surface area contributed by atoms with E-state index in [-0.39, 0.29) is 5.91 Å². The second-order valence-corrected chi connectivity index (χ2v) is 5.76. The maximum absolute atomic E-state index is 11.5. The van der Waals surface area contributed by atoms with Gasteiger partial charge in [0.1, 0.15) is 0 Å². The Hall–Kier alpha value is -1.69. The monoisotopic (exact) mass is 289 g/mol. The lowest BCUT2D eigenvalue weighted by Gasteiger charge is -2.24. The Morgan fingerprint density at radius 1 is 1.40 bits per heavy atom. The van der Waals surface area contributed by atoms with Crippen LogP contribution in [0.15, 0.2) is 41.8 Å². The summed E-state index contributed by atoms with van der Waals surface area (Å²) >= 11 is 1.76. The molecule has 0 radical (unpaired) electrons. The highest BCUT2D eigenvalue weighted by atomic mass is 32.1. The number of nitrogen functional groups attached to an aromatic ring is 1. The van der Waals surface area contributed by atoms with Crippen molar-refractivity contribution in [2.24, 2.45) is 5.84 Å². The molecule has 0 aliphatic rings. The molecule has 1 aromatic heterocycles. The first-order valence-electron chi connectivity index (χ1n) is 6.45. The molecule has 2 rings (SSSR count). The molecule has 0 spiro atoms. The molecule has 1 unspecified atom stereocenters. The fourth-order valence-corrected chi connectivity index (χ4v) is 2.91. The Bertz CT molecular complexity index is 568. The molecule has 0 aliphatic carbocycles. The van der Waals surface area contributed by atoms with Crippen LogP contribution in [0.2, 0.25) is 0 Å². The van der Waals surface area contributed by atoms with Crippen LogP contribution in [0, 0.1) is 0 Å². The van der Waals surface area contributed by atoms with E-state index in [1.54, 1.807) is 17.4 Å². The highest BCUT2D eigenvalue weighted by Crippen LogP contribution is 2.24. The van der Waals surface area contributed by atoms with Crippen molar-refractivity contribution in [2.45, 2.75) is 19.5 Å². The van der Waals surface area contributed by atoms with Crippen LogP contribution in [0.25, 0.3) is 0 Å². The second-order valence-electron chi connectivity index (χ2n) is 4.78. The van der Waals surface area contributed by atoms with Gasteiger partial charge in [-0.2, -0.15) is 0 Å². The third-order valence-electron chi connectivity index (χ3n) is 3.37. The van der Waals surface area contributed by atoms with E-state index >= 15 is 0 Å². The molecular weight excluding hydrogens is 270 g/mol. The molecule has 20 heavy (non-hydrogen) atoms. The van der Waals surface area contributed by atoms with Gasteiger partial charge in [-0.1, -0.05) is 18.2 Å². The van der Waals surface area contributed by atoms with Gasteiger partial charge >= 0.3 is 0 Å². The van der Waals surface area contributed by atoms with Crippen molar-refractivity contribution < 1.29 is 4.79 Å². The van der Waals surface area contributed by atoms with E-state index in [0.29, 0.717) is 11.6 Å². The summed E-state index contributed by atoms with van der Waals surface area (Å²) in [4.78, 5) is 15.1. The summed E-state index contributed by atoms with van der Waals surface area (Å²) in [5.74, 6) is 4.90. The lowest BCUT2D eigenvalue weighted by Crippen LogP contribution is -2.30. The van der Waals surface area contributed by atoms with Crippen molar-refractivity contribution in [1.29, 1.82) is 0 Å². The van der Waals surface area contributed by atoms with Crippen LogP contribution in [0.1, 0.15) is 33.8 Å². The summed E-state index contributed by atoms with van der Waals surface area (Å²) in [6.45, 7) is 2.97. The van der Waals surface area contributed by atoms with Crippen LogP contribution < -0.4 is 11.3 Å². The molecule has 0 saturated heterocycles. The third-order valence-corrected chi connectivity index (χ3v) is 4.41. The lowest BCUT2D eigenvalue weighted by molar-refractivity contribution is 0.0953. The fraction of sp³-hybridized carbons (Fsp3) is 0.267. The average Bonchev–Trinajstić information content (AvgIpc) is 3.00. The van der Waals surface area contributed by atoms with E-state index in [1.807, 2.05) is 18.2 Å². The zero-order valence-electron chi connectivity index (χ0n) is 11.7. The van der Waals surface area contributed by atoms with E-state index in [4.69, 9.17) is 5.84 Å². The summed E-state index contributed by atoms with van der Waals surface area (Å²) in [6, 6.07) is 12.1. The molecular formula is C15H19N3OS. The predicted molar refractivity (Wildman–Crippen MR) is 82.3 cm³/mol. The first kappa shape index (κ1) is 14.7. The van der Waals surface area contributed by atoms with Crippen molar-refractivity contribution in [3.05, 3.63) is 57.8 Å². The van der Waals surface area contributed by atoms with Crippen LogP contribution in [0.4, 0.5) is 0 Å². The molecule has 0 bridgehead atoms. The smallest absolute Gasteiger partial charge is 0.265 e. The molecule has 0 fully saturated rings. The number of carbonyl (C=O) groups excluding carboxylic acids is 1. The van der Waals surface area contributed by atoms with Gasteiger partial charge in [-0.25, -0.2) is 5.84 Å². The van der Waals surface area contributed by atoms with Gasteiger partial charge in [0.25, 0.3) is 5.91 Å². The number of thiophene rings is 1. The molecule has 0 saturated carbocycles. The van der Waals surface area contributed by atoms with Gasteiger partial charge in [0.15, 0.2) is 0 Å². The van der Waals surface area contributed by atoms with Crippen LogP contribution in [0.3, 0.4) is 0 Å². The number of hydrazine groups is 1. The highest BCUT2D eigenvalue weighted by Gasteiger charge is 2.13. The summed E-state index contributed by atoms with van der Waals surface area (Å²) in [5, 5.41) is 2.09. The van der Waals surface area contributed by atoms with Crippen molar-refractivity contribution in [3.8, 4) is 0 Å². The summed E-state index contributed by atoms with van der Waals surface area (Å²) < 4.78 is 0. The summed E-state index contributed by atoms with van der Waals surface area (Å²) in [6.07, 6.45) is 0. The van der Waals surface area contributed by atoms with Crippen molar-refractivity contribution in [2.75, 3.05) is 7.05 Å². The maximum atomic E-state index is 11.5. The topological polar surface area (TPSA) is 58.4 Å². The molecule has 3 N–H and O–H groups in total. The largest absolute Gasteiger partial charge is 0.295 e. The molecule has 1 aromatic carbocycles. The number of nitrogens with zero attached hydrogens (tertiary/aromatic N) is 1. The van der Waals surface area contributed by atoms with E-state index < -0.39 is 0 Å². The van der Waals surface area contributed by atoms with E-state index in [0.717, 1.165) is 12.1 Å². The Morgan fingerprint density at radius 2 is 2.20 bits per heavy atom. The Balaban J connectivity index is 2.08. The number of benzene rings is 1. The van der Waals surface area contributed by atoms with Gasteiger partial charge in [-0.3, -0.25) is 15.1 Å². The minimum absolute atomic E-state index is 0.263. The van der Waals surface area contributed by atoms with E-state index in [9.17, 15) is 4.79 Å². The van der Waals surface area contributed by atoms with Gasteiger partial charge in [0.2, 0.25) is 0 Å². The minimum Gasteiger partial charge on any atom is -0.295 e. The first-order valence-corrected chi connectivity index (χ1v) is 7.33. The second kappa shape index (κ2) is 6.65. The Labute approximate surface area is 123 Å². The zero-order chi connectivity index (χ0) is 14.5. The Kier molecular flexibility index (Phi) is 4.89. The van der Waals surface area contributed by atoms with Gasteiger partial charge in [-0.05, 0) is 43.1 Å². The van der Waals surface area contributed by atoms with Crippen LogP contribution in [-0.2, 0) is 6.54 Å². The summed E-state index contributed by atoms with van der Waals surface area (Å²) in [5.41, 5.74) is 3.84.